The van der Waals surface area contributed by atoms with E-state index in [1.54, 1.807) is 42.5 Å². The van der Waals surface area contributed by atoms with Crippen molar-refractivity contribution < 1.29 is 22.0 Å². The van der Waals surface area contributed by atoms with Crippen molar-refractivity contribution in [3.05, 3.63) is 111 Å². The number of fused-ring (bicyclic) bond motifs is 1. The minimum absolute atomic E-state index is 0.0610. The van der Waals surface area contributed by atoms with Crippen molar-refractivity contribution >= 4 is 33.0 Å². The summed E-state index contributed by atoms with van der Waals surface area (Å²) < 4.78 is 60.6. The number of halogens is 5. The van der Waals surface area contributed by atoms with Crippen molar-refractivity contribution in [2.24, 2.45) is 5.10 Å². The van der Waals surface area contributed by atoms with E-state index in [1.165, 1.54) is 30.5 Å². The van der Waals surface area contributed by atoms with E-state index in [9.17, 15) is 22.4 Å². The fraction of sp³-hybridized carbons (Fsp3) is 0.0385. The largest absolute Gasteiger partial charge is 0.455 e. The molecule has 0 unspecified atom stereocenters. The van der Waals surface area contributed by atoms with Gasteiger partial charge in [-0.2, -0.15) is 22.9 Å². The Hall–Kier alpha value is -4.05. The van der Waals surface area contributed by atoms with Crippen molar-refractivity contribution in [1.29, 1.82) is 0 Å². The first-order valence-corrected chi connectivity index (χ1v) is 11.3. The van der Waals surface area contributed by atoms with Gasteiger partial charge < -0.3 is 4.42 Å². The van der Waals surface area contributed by atoms with Gasteiger partial charge in [-0.3, -0.25) is 4.79 Å². The highest BCUT2D eigenvalue weighted by Crippen LogP contribution is 2.32. The minimum atomic E-state index is -4.57. The Bertz CT molecular complexity index is 1690. The molecule has 10 heteroatoms. The first-order chi connectivity index (χ1) is 17.2. The Kier molecular flexibility index (Phi) is 6.05. The molecule has 0 amide bonds. The number of alkyl halides is 3. The van der Waals surface area contributed by atoms with E-state index in [4.69, 9.17) is 4.42 Å². The van der Waals surface area contributed by atoms with Crippen molar-refractivity contribution in [3.63, 3.8) is 0 Å². The maximum absolute atomic E-state index is 13.4. The van der Waals surface area contributed by atoms with Gasteiger partial charge in [0.1, 0.15) is 17.3 Å². The van der Waals surface area contributed by atoms with Gasteiger partial charge in [0.15, 0.2) is 5.82 Å². The zero-order chi connectivity index (χ0) is 25.4. The van der Waals surface area contributed by atoms with Crippen molar-refractivity contribution in [3.8, 4) is 22.7 Å². The molecule has 0 saturated heterocycles. The molecular formula is C26H14BrF4N3O2. The highest BCUT2D eigenvalue weighted by molar-refractivity contribution is 9.10. The van der Waals surface area contributed by atoms with Crippen LogP contribution in [0.15, 0.2) is 97.6 Å². The molecule has 0 aliphatic rings. The van der Waals surface area contributed by atoms with Crippen LogP contribution in [0.1, 0.15) is 11.3 Å². The van der Waals surface area contributed by atoms with Gasteiger partial charge in [0, 0.05) is 15.6 Å². The molecule has 5 aromatic rings. The standard InChI is InChI=1S/C26H14BrF4N3O2/c27-21-13-17(28)8-10-19(21)23-11-9-18(36-23)14-32-34-24(15-4-3-5-16(12-15)26(29,30)31)33-22-7-2-1-6-20(22)25(34)35/h1-14H. The lowest BCUT2D eigenvalue weighted by Gasteiger charge is -2.11. The molecule has 180 valence electrons. The molecule has 0 atom stereocenters. The summed E-state index contributed by atoms with van der Waals surface area (Å²) in [6.07, 6.45) is -3.31. The summed E-state index contributed by atoms with van der Waals surface area (Å²) in [6, 6.07) is 18.4. The van der Waals surface area contributed by atoms with E-state index in [-0.39, 0.29) is 22.5 Å². The molecule has 0 radical (unpaired) electrons. The third-order valence-corrected chi connectivity index (χ3v) is 5.98. The smallest absolute Gasteiger partial charge is 0.416 e. The average molecular weight is 556 g/mol. The topological polar surface area (TPSA) is 60.4 Å². The Labute approximate surface area is 209 Å². The Morgan fingerprint density at radius 1 is 0.972 bits per heavy atom. The van der Waals surface area contributed by atoms with Gasteiger partial charge in [-0.1, -0.05) is 24.3 Å². The van der Waals surface area contributed by atoms with Gasteiger partial charge in [0.25, 0.3) is 5.56 Å². The molecule has 5 nitrogen and oxygen atoms in total. The zero-order valence-corrected chi connectivity index (χ0v) is 19.7. The maximum atomic E-state index is 13.4. The molecule has 2 aromatic heterocycles. The summed E-state index contributed by atoms with van der Waals surface area (Å²) in [5.74, 6) is 0.208. The number of para-hydroxylation sites is 1. The summed E-state index contributed by atoms with van der Waals surface area (Å²) in [6.45, 7) is 0. The molecule has 0 N–H and O–H groups in total. The molecule has 0 saturated carbocycles. The van der Waals surface area contributed by atoms with Crippen molar-refractivity contribution in [2.45, 2.75) is 6.18 Å². The summed E-state index contributed by atoms with van der Waals surface area (Å²) in [4.78, 5) is 17.7. The molecule has 0 spiro atoms. The quantitative estimate of drug-likeness (QED) is 0.175. The second kappa shape index (κ2) is 9.19. The number of aromatic nitrogens is 2. The lowest BCUT2D eigenvalue weighted by molar-refractivity contribution is -0.137. The van der Waals surface area contributed by atoms with Crippen LogP contribution in [0, 0.1) is 5.82 Å². The molecular weight excluding hydrogens is 542 g/mol. The van der Waals surface area contributed by atoms with E-state index >= 15 is 0 Å². The summed E-state index contributed by atoms with van der Waals surface area (Å²) in [7, 11) is 0. The van der Waals surface area contributed by atoms with Crippen LogP contribution in [0.5, 0.6) is 0 Å². The molecule has 0 fully saturated rings. The van der Waals surface area contributed by atoms with Gasteiger partial charge >= 0.3 is 6.18 Å². The number of rotatable bonds is 4. The van der Waals surface area contributed by atoms with Crippen LogP contribution in [0.25, 0.3) is 33.6 Å². The van der Waals surface area contributed by atoms with Gasteiger partial charge in [0.2, 0.25) is 0 Å². The third kappa shape index (κ3) is 4.59. The van der Waals surface area contributed by atoms with Crippen LogP contribution in [-0.2, 0) is 6.18 Å². The third-order valence-electron chi connectivity index (χ3n) is 5.33. The van der Waals surface area contributed by atoms with Crippen LogP contribution >= 0.6 is 15.9 Å². The van der Waals surface area contributed by atoms with E-state index in [0.29, 0.717) is 21.3 Å². The van der Waals surface area contributed by atoms with Gasteiger partial charge in [0.05, 0.1) is 22.7 Å². The number of nitrogens with zero attached hydrogens (tertiary/aromatic N) is 3. The summed E-state index contributed by atoms with van der Waals surface area (Å²) in [5, 5.41) is 4.46. The Morgan fingerprint density at radius 3 is 2.56 bits per heavy atom. The monoisotopic (exact) mass is 555 g/mol. The fourth-order valence-corrected chi connectivity index (χ4v) is 4.17. The number of hydrogen-bond donors (Lipinski definition) is 0. The van der Waals surface area contributed by atoms with Crippen molar-refractivity contribution in [1.82, 2.24) is 9.66 Å². The predicted octanol–water partition coefficient (Wildman–Crippen LogP) is 7.13. The molecule has 2 heterocycles. The predicted molar refractivity (Wildman–Crippen MR) is 131 cm³/mol. The highest BCUT2D eigenvalue weighted by Gasteiger charge is 2.31. The molecule has 36 heavy (non-hydrogen) atoms. The Balaban J connectivity index is 1.61. The van der Waals surface area contributed by atoms with Gasteiger partial charge in [-0.25, -0.2) is 9.37 Å². The maximum Gasteiger partial charge on any atom is 0.416 e. The minimum Gasteiger partial charge on any atom is -0.455 e. The summed E-state index contributed by atoms with van der Waals surface area (Å²) in [5.41, 5.74) is -0.441. The summed E-state index contributed by atoms with van der Waals surface area (Å²) >= 11 is 3.29. The lowest BCUT2D eigenvalue weighted by Crippen LogP contribution is -2.20. The van der Waals surface area contributed by atoms with Crippen LogP contribution in [-0.4, -0.2) is 15.9 Å². The van der Waals surface area contributed by atoms with E-state index in [2.05, 4.69) is 26.0 Å². The Morgan fingerprint density at radius 2 is 1.78 bits per heavy atom. The van der Waals surface area contributed by atoms with Gasteiger partial charge in [-0.15, -0.1) is 0 Å². The normalized spacial score (nSPS) is 12.0. The number of furan rings is 1. The molecule has 3 aromatic carbocycles. The highest BCUT2D eigenvalue weighted by atomic mass is 79.9. The fourth-order valence-electron chi connectivity index (χ4n) is 3.62. The van der Waals surface area contributed by atoms with Crippen LogP contribution in [0.2, 0.25) is 0 Å². The first-order valence-electron chi connectivity index (χ1n) is 10.5. The average Bonchev–Trinajstić information content (AvgIpc) is 3.31. The van der Waals surface area contributed by atoms with E-state index in [1.807, 2.05) is 0 Å². The van der Waals surface area contributed by atoms with Crippen LogP contribution in [0.3, 0.4) is 0 Å². The van der Waals surface area contributed by atoms with E-state index in [0.717, 1.165) is 16.8 Å². The van der Waals surface area contributed by atoms with E-state index < -0.39 is 23.1 Å². The second-order valence-electron chi connectivity index (χ2n) is 7.72. The lowest BCUT2D eigenvalue weighted by atomic mass is 10.1. The SMILES string of the molecule is O=c1c2ccccc2nc(-c2cccc(C(F)(F)F)c2)n1N=Cc1ccc(-c2ccc(F)cc2Br)o1. The van der Waals surface area contributed by atoms with Crippen molar-refractivity contribution in [2.75, 3.05) is 0 Å². The van der Waals surface area contributed by atoms with Crippen LogP contribution in [0.4, 0.5) is 17.6 Å². The first kappa shape index (κ1) is 23.7. The second-order valence-corrected chi connectivity index (χ2v) is 8.57. The van der Waals surface area contributed by atoms with Crippen LogP contribution < -0.4 is 5.56 Å². The molecule has 5 rings (SSSR count). The zero-order valence-electron chi connectivity index (χ0n) is 18.1. The van der Waals surface area contributed by atoms with Gasteiger partial charge in [-0.05, 0) is 70.5 Å². The molecule has 0 aliphatic heterocycles. The number of benzene rings is 3. The molecule has 0 aliphatic carbocycles. The number of hydrogen-bond acceptors (Lipinski definition) is 4. The molecule has 0 bridgehead atoms.